The zero-order valence-electron chi connectivity index (χ0n) is 16.5. The first-order valence-electron chi connectivity index (χ1n) is 9.23. The lowest BCUT2D eigenvalue weighted by Crippen LogP contribution is -2.34. The molecule has 33 heavy (non-hydrogen) atoms. The van der Waals surface area contributed by atoms with E-state index in [4.69, 9.17) is 33.7 Å². The molecule has 0 amide bonds. The number of benzene rings is 1. The van der Waals surface area contributed by atoms with Gasteiger partial charge in [-0.1, -0.05) is 23.2 Å². The highest BCUT2D eigenvalue weighted by Crippen LogP contribution is 2.35. The summed E-state index contributed by atoms with van der Waals surface area (Å²) in [6, 6.07) is 5.77. The van der Waals surface area contributed by atoms with Crippen molar-refractivity contribution in [3.8, 4) is 17.2 Å². The standard InChI is InChI=1S/C19H15Cl2N7O5/c20-12-5-10(28-19(32)24-18(31)16(22)27-28)6-13(21)15(12)33-14-4-8(17(30)26-25-14)3-9-1-2-11(29)7-23-9/h1-2,4-7,17,26,29-30H,3H2,(H2,22,27)(H,24,31,32). The molecule has 3 heterocycles. The van der Waals surface area contributed by atoms with E-state index in [1.807, 2.05) is 4.98 Å². The highest BCUT2D eigenvalue weighted by atomic mass is 35.5. The number of aliphatic hydroxyl groups is 1. The van der Waals surface area contributed by atoms with Gasteiger partial charge >= 0.3 is 5.69 Å². The van der Waals surface area contributed by atoms with E-state index in [0.717, 1.165) is 4.68 Å². The summed E-state index contributed by atoms with van der Waals surface area (Å²) in [6.45, 7) is 0. The Morgan fingerprint density at radius 2 is 1.94 bits per heavy atom. The van der Waals surface area contributed by atoms with Gasteiger partial charge in [0.25, 0.3) is 5.56 Å². The second-order valence-corrected chi connectivity index (χ2v) is 7.60. The van der Waals surface area contributed by atoms with Crippen molar-refractivity contribution < 1.29 is 14.9 Å². The van der Waals surface area contributed by atoms with Crippen LogP contribution < -0.4 is 27.1 Å². The molecule has 4 rings (SSSR count). The Bertz CT molecular complexity index is 1380. The molecule has 0 spiro atoms. The van der Waals surface area contributed by atoms with Crippen LogP contribution in [0.2, 0.25) is 10.0 Å². The van der Waals surface area contributed by atoms with Crippen LogP contribution in [0.1, 0.15) is 5.69 Å². The van der Waals surface area contributed by atoms with Crippen molar-refractivity contribution in [1.29, 1.82) is 0 Å². The van der Waals surface area contributed by atoms with E-state index < -0.39 is 23.3 Å². The summed E-state index contributed by atoms with van der Waals surface area (Å²) in [5.41, 5.74) is 7.56. The van der Waals surface area contributed by atoms with E-state index in [-0.39, 0.29) is 39.6 Å². The molecule has 1 aliphatic rings. The van der Waals surface area contributed by atoms with Gasteiger partial charge in [-0.2, -0.15) is 4.68 Å². The van der Waals surface area contributed by atoms with Crippen LogP contribution in [0.5, 0.6) is 11.5 Å². The molecule has 1 aromatic carbocycles. The van der Waals surface area contributed by atoms with Gasteiger partial charge in [-0.3, -0.25) is 20.2 Å². The zero-order valence-corrected chi connectivity index (χ0v) is 18.0. The predicted octanol–water partition coefficient (Wildman–Crippen LogP) is 0.693. The van der Waals surface area contributed by atoms with E-state index in [9.17, 15) is 19.8 Å². The Morgan fingerprint density at radius 1 is 1.21 bits per heavy atom. The molecule has 0 aliphatic carbocycles. The predicted molar refractivity (Wildman–Crippen MR) is 120 cm³/mol. The van der Waals surface area contributed by atoms with Gasteiger partial charge < -0.3 is 20.7 Å². The molecule has 6 N–H and O–H groups in total. The summed E-state index contributed by atoms with van der Waals surface area (Å²) in [4.78, 5) is 29.6. The monoisotopic (exact) mass is 491 g/mol. The maximum absolute atomic E-state index is 12.0. The number of aliphatic hydroxyl groups excluding tert-OH is 1. The van der Waals surface area contributed by atoms with Gasteiger partial charge in [-0.25, -0.2) is 4.79 Å². The smallest absolute Gasteiger partial charge is 0.349 e. The van der Waals surface area contributed by atoms with E-state index in [1.165, 1.54) is 30.5 Å². The number of nitrogens with one attached hydrogen (secondary N) is 2. The van der Waals surface area contributed by atoms with E-state index >= 15 is 0 Å². The average molecular weight is 492 g/mol. The second-order valence-electron chi connectivity index (χ2n) is 6.78. The molecule has 12 nitrogen and oxygen atoms in total. The van der Waals surface area contributed by atoms with Gasteiger partial charge in [0.15, 0.2) is 12.0 Å². The van der Waals surface area contributed by atoms with Gasteiger partial charge in [-0.15, -0.1) is 10.2 Å². The van der Waals surface area contributed by atoms with Crippen LogP contribution in [0.25, 0.3) is 5.69 Å². The van der Waals surface area contributed by atoms with Crippen LogP contribution in [-0.4, -0.2) is 42.1 Å². The Kier molecular flexibility index (Phi) is 6.05. The van der Waals surface area contributed by atoms with Crippen LogP contribution in [0, 0.1) is 0 Å². The lowest BCUT2D eigenvalue weighted by molar-refractivity contribution is 0.168. The number of aromatic nitrogens is 4. The minimum Gasteiger partial charge on any atom is -0.506 e. The van der Waals surface area contributed by atoms with Crippen molar-refractivity contribution in [3.63, 3.8) is 0 Å². The maximum Gasteiger partial charge on any atom is 0.349 e. The maximum atomic E-state index is 12.0. The van der Waals surface area contributed by atoms with E-state index in [2.05, 4.69) is 20.6 Å². The number of rotatable bonds is 4. The van der Waals surface area contributed by atoms with Gasteiger partial charge in [-0.05, 0) is 29.8 Å². The fourth-order valence-corrected chi connectivity index (χ4v) is 3.42. The van der Waals surface area contributed by atoms with Crippen molar-refractivity contribution in [2.24, 2.45) is 5.10 Å². The van der Waals surface area contributed by atoms with Crippen molar-refractivity contribution >= 4 is 34.9 Å². The summed E-state index contributed by atoms with van der Waals surface area (Å²) >= 11 is 12.6. The number of ether oxygens (including phenoxy) is 1. The summed E-state index contributed by atoms with van der Waals surface area (Å²) in [7, 11) is 0. The molecule has 3 aromatic rings. The second kappa shape index (κ2) is 8.94. The van der Waals surface area contributed by atoms with Crippen LogP contribution >= 0.6 is 23.2 Å². The first-order valence-corrected chi connectivity index (χ1v) is 9.99. The number of aromatic amines is 1. The molecular formula is C19H15Cl2N7O5. The number of aromatic hydroxyl groups is 1. The highest BCUT2D eigenvalue weighted by Gasteiger charge is 2.21. The molecule has 0 saturated carbocycles. The van der Waals surface area contributed by atoms with Gasteiger partial charge in [0.05, 0.1) is 21.9 Å². The average Bonchev–Trinajstić information content (AvgIpc) is 2.77. The SMILES string of the molecule is Nc1nn(-c2cc(Cl)c(OC3=NNC(O)C(Cc4ccc(O)cn4)=C3)c(Cl)c2)c(=O)[nH]c1=O. The highest BCUT2D eigenvalue weighted by molar-refractivity contribution is 6.37. The van der Waals surface area contributed by atoms with Crippen molar-refractivity contribution in [1.82, 2.24) is 25.2 Å². The Balaban J connectivity index is 1.60. The number of nitrogens with zero attached hydrogens (tertiary/aromatic N) is 4. The summed E-state index contributed by atoms with van der Waals surface area (Å²) < 4.78 is 6.53. The Labute approximate surface area is 194 Å². The molecule has 14 heteroatoms. The topological polar surface area (TPSA) is 181 Å². The molecular weight excluding hydrogens is 477 g/mol. The Hall–Kier alpha value is -3.87. The zero-order chi connectivity index (χ0) is 23.7. The quantitative estimate of drug-likeness (QED) is 0.350. The molecule has 1 unspecified atom stereocenters. The lowest BCUT2D eigenvalue weighted by Gasteiger charge is -2.20. The van der Waals surface area contributed by atoms with Crippen LogP contribution in [0.4, 0.5) is 5.82 Å². The van der Waals surface area contributed by atoms with Crippen molar-refractivity contribution in [2.45, 2.75) is 12.6 Å². The Morgan fingerprint density at radius 3 is 2.61 bits per heavy atom. The summed E-state index contributed by atoms with van der Waals surface area (Å²) in [6.07, 6.45) is 1.95. The number of nitrogen functional groups attached to an aromatic ring is 1. The fraction of sp³-hybridized carbons (Fsp3) is 0.105. The third kappa shape index (κ3) is 4.82. The number of anilines is 1. The minimum absolute atomic E-state index is 0.0138. The fourth-order valence-electron chi connectivity index (χ4n) is 2.87. The molecule has 1 aliphatic heterocycles. The number of hydrogen-bond acceptors (Lipinski definition) is 10. The molecule has 0 saturated heterocycles. The number of pyridine rings is 1. The van der Waals surface area contributed by atoms with Crippen molar-refractivity contribution in [3.05, 3.63) is 78.7 Å². The number of hydrogen-bond donors (Lipinski definition) is 5. The molecule has 0 fully saturated rings. The van der Waals surface area contributed by atoms with Gasteiger partial charge in [0.2, 0.25) is 11.7 Å². The first kappa shape index (κ1) is 22.3. The molecule has 170 valence electrons. The molecule has 0 radical (unpaired) electrons. The number of hydrazone groups is 1. The molecule has 2 aromatic heterocycles. The molecule has 0 bridgehead atoms. The van der Waals surface area contributed by atoms with Crippen LogP contribution in [0.3, 0.4) is 0 Å². The largest absolute Gasteiger partial charge is 0.506 e. The summed E-state index contributed by atoms with van der Waals surface area (Å²) in [5.74, 6) is -0.309. The number of nitrogens with two attached hydrogens (primary N) is 1. The van der Waals surface area contributed by atoms with E-state index in [1.54, 1.807) is 6.07 Å². The number of H-pyrrole nitrogens is 1. The number of halogens is 2. The van der Waals surface area contributed by atoms with E-state index in [0.29, 0.717) is 11.3 Å². The third-order valence-electron chi connectivity index (χ3n) is 4.44. The molecule has 1 atom stereocenters. The normalized spacial score (nSPS) is 15.4. The summed E-state index contributed by atoms with van der Waals surface area (Å²) in [5, 5.41) is 27.2. The van der Waals surface area contributed by atoms with Crippen molar-refractivity contribution in [2.75, 3.05) is 5.73 Å². The lowest BCUT2D eigenvalue weighted by atomic mass is 10.1. The third-order valence-corrected chi connectivity index (χ3v) is 5.00. The van der Waals surface area contributed by atoms with Gasteiger partial charge in [0, 0.05) is 18.2 Å². The first-order chi connectivity index (χ1) is 15.7. The van der Waals surface area contributed by atoms with Gasteiger partial charge in [0.1, 0.15) is 5.75 Å². The van der Waals surface area contributed by atoms with Crippen LogP contribution in [-0.2, 0) is 6.42 Å². The van der Waals surface area contributed by atoms with Crippen LogP contribution in [0.15, 0.2) is 56.8 Å². The minimum atomic E-state index is -1.08.